The van der Waals surface area contributed by atoms with Crippen molar-refractivity contribution in [3.63, 3.8) is 0 Å². The van der Waals surface area contributed by atoms with Crippen LogP contribution in [0, 0.1) is 24.0 Å². The molecule has 0 aliphatic rings. The maximum atomic E-state index is 13.0. The zero-order chi connectivity index (χ0) is 14.0. The highest BCUT2D eigenvalue weighted by Gasteiger charge is 2.06. The second-order valence-electron chi connectivity index (χ2n) is 4.07. The summed E-state index contributed by atoms with van der Waals surface area (Å²) in [7, 11) is 0. The Bertz CT molecular complexity index is 641. The van der Waals surface area contributed by atoms with Crippen LogP contribution in [-0.2, 0) is 0 Å². The summed E-state index contributed by atoms with van der Waals surface area (Å²) in [6.45, 7) is 1.79. The summed E-state index contributed by atoms with van der Waals surface area (Å²) in [4.78, 5) is 0. The van der Waals surface area contributed by atoms with E-state index < -0.39 is 11.6 Å². The van der Waals surface area contributed by atoms with Crippen molar-refractivity contribution in [3.8, 4) is 11.5 Å². The van der Waals surface area contributed by atoms with Gasteiger partial charge in [0, 0.05) is 11.6 Å². The molecule has 0 aliphatic carbocycles. The fourth-order valence-corrected chi connectivity index (χ4v) is 1.68. The number of hydrogen-bond acceptors (Lipinski definition) is 2. The molecule has 19 heavy (non-hydrogen) atoms. The van der Waals surface area contributed by atoms with Crippen LogP contribution in [0.3, 0.4) is 0 Å². The van der Waals surface area contributed by atoms with Gasteiger partial charge in [0.25, 0.3) is 0 Å². The molecule has 0 amide bonds. The lowest BCUT2D eigenvalue weighted by atomic mass is 10.1. The number of hydrogen-bond donors (Lipinski definition) is 2. The molecule has 0 bridgehead atoms. The van der Waals surface area contributed by atoms with Crippen LogP contribution in [0.2, 0.25) is 0 Å². The van der Waals surface area contributed by atoms with Crippen LogP contribution in [0.15, 0.2) is 36.4 Å². The molecule has 0 radical (unpaired) electrons. The average Bonchev–Trinajstić information content (AvgIpc) is 2.33. The summed E-state index contributed by atoms with van der Waals surface area (Å²) < 4.78 is 31.2. The van der Waals surface area contributed by atoms with E-state index in [4.69, 9.17) is 15.9 Å². The van der Waals surface area contributed by atoms with E-state index in [1.54, 1.807) is 25.1 Å². The first-order valence-corrected chi connectivity index (χ1v) is 5.55. The van der Waals surface area contributed by atoms with Gasteiger partial charge in [0.15, 0.2) is 11.6 Å². The van der Waals surface area contributed by atoms with Crippen LogP contribution in [0.5, 0.6) is 11.5 Å². The third-order valence-electron chi connectivity index (χ3n) is 2.61. The molecule has 0 unspecified atom stereocenters. The van der Waals surface area contributed by atoms with Crippen molar-refractivity contribution >= 4 is 5.84 Å². The van der Waals surface area contributed by atoms with Gasteiger partial charge in [-0.3, -0.25) is 5.41 Å². The van der Waals surface area contributed by atoms with E-state index in [1.165, 1.54) is 6.07 Å². The molecule has 0 fully saturated rings. The van der Waals surface area contributed by atoms with Crippen LogP contribution in [0.4, 0.5) is 8.78 Å². The van der Waals surface area contributed by atoms with Gasteiger partial charge in [0.1, 0.15) is 17.3 Å². The first kappa shape index (κ1) is 13.0. The van der Waals surface area contributed by atoms with Crippen molar-refractivity contribution in [1.82, 2.24) is 0 Å². The van der Waals surface area contributed by atoms with Crippen molar-refractivity contribution in [3.05, 3.63) is 59.2 Å². The van der Waals surface area contributed by atoms with Gasteiger partial charge in [-0.15, -0.1) is 0 Å². The Balaban J connectivity index is 2.26. The van der Waals surface area contributed by atoms with Crippen molar-refractivity contribution in [2.75, 3.05) is 0 Å². The van der Waals surface area contributed by atoms with Gasteiger partial charge in [0.05, 0.1) is 0 Å². The fourth-order valence-electron chi connectivity index (χ4n) is 1.68. The van der Waals surface area contributed by atoms with Crippen LogP contribution >= 0.6 is 0 Å². The van der Waals surface area contributed by atoms with Crippen LogP contribution in [0.25, 0.3) is 0 Å². The molecule has 2 aromatic rings. The van der Waals surface area contributed by atoms with Crippen LogP contribution in [0.1, 0.15) is 11.1 Å². The quantitative estimate of drug-likeness (QED) is 0.658. The summed E-state index contributed by atoms with van der Waals surface area (Å²) in [5, 5.41) is 7.37. The molecule has 0 aliphatic heterocycles. The molecule has 5 heteroatoms. The minimum Gasteiger partial charge on any atom is -0.457 e. The lowest BCUT2D eigenvalue weighted by Gasteiger charge is -2.09. The third kappa shape index (κ3) is 2.88. The van der Waals surface area contributed by atoms with E-state index >= 15 is 0 Å². The normalized spacial score (nSPS) is 10.3. The van der Waals surface area contributed by atoms with Gasteiger partial charge in [0.2, 0.25) is 0 Å². The average molecular weight is 262 g/mol. The Morgan fingerprint density at radius 3 is 2.26 bits per heavy atom. The molecule has 2 aromatic carbocycles. The van der Waals surface area contributed by atoms with E-state index in [0.29, 0.717) is 11.3 Å². The van der Waals surface area contributed by atoms with Gasteiger partial charge in [-0.05, 0) is 42.8 Å². The molecule has 0 saturated heterocycles. The summed E-state index contributed by atoms with van der Waals surface area (Å²) >= 11 is 0. The molecule has 0 aromatic heterocycles. The molecule has 0 atom stereocenters. The summed E-state index contributed by atoms with van der Waals surface area (Å²) in [5.74, 6) is -1.25. The first-order chi connectivity index (χ1) is 8.97. The monoisotopic (exact) mass is 262 g/mol. The lowest BCUT2D eigenvalue weighted by molar-refractivity contribution is 0.461. The minimum absolute atomic E-state index is 0.0307. The maximum Gasteiger partial charge on any atom is 0.162 e. The molecule has 3 N–H and O–H groups in total. The van der Waals surface area contributed by atoms with E-state index in [0.717, 1.165) is 17.7 Å². The van der Waals surface area contributed by atoms with E-state index in [2.05, 4.69) is 0 Å². The SMILES string of the molecule is Cc1cc(Oc2ccc(F)c(F)c2)ccc1C(=N)N. The third-order valence-corrected chi connectivity index (χ3v) is 2.61. The van der Waals surface area contributed by atoms with Gasteiger partial charge in [-0.1, -0.05) is 0 Å². The predicted molar refractivity (Wildman–Crippen MR) is 68.6 cm³/mol. The van der Waals surface area contributed by atoms with E-state index in [-0.39, 0.29) is 11.6 Å². The molecule has 0 spiro atoms. The number of nitrogens with two attached hydrogens (primary N) is 1. The van der Waals surface area contributed by atoms with Gasteiger partial charge in [-0.2, -0.15) is 0 Å². The van der Waals surface area contributed by atoms with Gasteiger partial charge < -0.3 is 10.5 Å². The van der Waals surface area contributed by atoms with Crippen molar-refractivity contribution in [2.24, 2.45) is 5.73 Å². The Labute approximate surface area is 109 Å². The number of rotatable bonds is 3. The molecular formula is C14H12F2N2O. The van der Waals surface area contributed by atoms with Crippen LogP contribution in [-0.4, -0.2) is 5.84 Å². The Morgan fingerprint density at radius 1 is 1.05 bits per heavy atom. The van der Waals surface area contributed by atoms with Crippen molar-refractivity contribution in [2.45, 2.75) is 6.92 Å². The zero-order valence-electron chi connectivity index (χ0n) is 10.2. The number of benzene rings is 2. The first-order valence-electron chi connectivity index (χ1n) is 5.55. The molecule has 0 heterocycles. The zero-order valence-corrected chi connectivity index (χ0v) is 10.2. The minimum atomic E-state index is -0.963. The number of ether oxygens (including phenoxy) is 1. The van der Waals surface area contributed by atoms with Gasteiger partial charge in [-0.25, -0.2) is 8.78 Å². The number of nitrogen functional groups attached to an aromatic ring is 1. The van der Waals surface area contributed by atoms with Gasteiger partial charge >= 0.3 is 0 Å². The summed E-state index contributed by atoms with van der Waals surface area (Å²) in [5.41, 5.74) is 6.78. The predicted octanol–water partition coefficient (Wildman–Crippen LogP) is 3.35. The highest BCUT2D eigenvalue weighted by molar-refractivity contribution is 5.96. The summed E-state index contributed by atoms with van der Waals surface area (Å²) in [6.07, 6.45) is 0. The Morgan fingerprint density at radius 2 is 1.68 bits per heavy atom. The standard InChI is InChI=1S/C14H12F2N2O/c1-8-6-9(2-4-11(8)14(17)18)19-10-3-5-12(15)13(16)7-10/h2-7H,1H3,(H3,17,18). The number of aryl methyl sites for hydroxylation is 1. The maximum absolute atomic E-state index is 13.0. The molecule has 98 valence electrons. The smallest absolute Gasteiger partial charge is 0.162 e. The lowest BCUT2D eigenvalue weighted by Crippen LogP contribution is -2.12. The Kier molecular flexibility index (Phi) is 3.46. The van der Waals surface area contributed by atoms with Crippen molar-refractivity contribution < 1.29 is 13.5 Å². The molecular weight excluding hydrogens is 250 g/mol. The summed E-state index contributed by atoms with van der Waals surface area (Å²) in [6, 6.07) is 8.26. The highest BCUT2D eigenvalue weighted by atomic mass is 19.2. The Hall–Kier alpha value is -2.43. The van der Waals surface area contributed by atoms with Crippen molar-refractivity contribution in [1.29, 1.82) is 5.41 Å². The van der Waals surface area contributed by atoms with E-state index in [9.17, 15) is 8.78 Å². The second kappa shape index (κ2) is 5.06. The second-order valence-corrected chi connectivity index (χ2v) is 4.07. The molecule has 0 saturated carbocycles. The van der Waals surface area contributed by atoms with Crippen LogP contribution < -0.4 is 10.5 Å². The molecule has 2 rings (SSSR count). The highest BCUT2D eigenvalue weighted by Crippen LogP contribution is 2.25. The topological polar surface area (TPSA) is 59.1 Å². The molecule has 3 nitrogen and oxygen atoms in total. The van der Waals surface area contributed by atoms with E-state index in [1.807, 2.05) is 0 Å². The number of amidine groups is 1. The fraction of sp³-hybridized carbons (Fsp3) is 0.0714. The number of nitrogens with one attached hydrogen (secondary N) is 1. The largest absolute Gasteiger partial charge is 0.457 e. The number of halogens is 2.